The Hall–Kier alpha value is -4.31. The van der Waals surface area contributed by atoms with E-state index in [4.69, 9.17) is 0 Å². The lowest BCUT2D eigenvalue weighted by Gasteiger charge is -2.13. The Morgan fingerprint density at radius 3 is 2.44 bits per heavy atom. The first-order valence-electron chi connectivity index (χ1n) is 10.5. The number of anilines is 1. The molecule has 1 heterocycles. The Morgan fingerprint density at radius 2 is 1.71 bits per heavy atom. The summed E-state index contributed by atoms with van der Waals surface area (Å²) < 4.78 is 40.9. The number of hydrogen-bond acceptors (Lipinski definition) is 2. The molecule has 0 bridgehead atoms. The van der Waals surface area contributed by atoms with Crippen molar-refractivity contribution in [2.75, 3.05) is 5.32 Å². The van der Waals surface area contributed by atoms with E-state index in [1.165, 1.54) is 18.2 Å². The minimum atomic E-state index is -4.53. The molecule has 0 fully saturated rings. The second-order valence-electron chi connectivity index (χ2n) is 7.86. The number of benzene rings is 3. The van der Waals surface area contributed by atoms with Crippen LogP contribution in [0.4, 0.5) is 18.9 Å². The summed E-state index contributed by atoms with van der Waals surface area (Å²) >= 11 is 0. The Bertz CT molecular complexity index is 1470. The van der Waals surface area contributed by atoms with E-state index in [-0.39, 0.29) is 11.3 Å². The molecule has 0 saturated heterocycles. The lowest BCUT2D eigenvalue weighted by Crippen LogP contribution is -2.14. The predicted molar refractivity (Wildman–Crippen MR) is 126 cm³/mol. The number of nitriles is 1. The molecule has 0 spiro atoms. The van der Waals surface area contributed by atoms with Crippen LogP contribution in [0, 0.1) is 25.2 Å². The van der Waals surface area contributed by atoms with Crippen molar-refractivity contribution in [2.45, 2.75) is 20.0 Å². The van der Waals surface area contributed by atoms with E-state index in [2.05, 4.69) is 5.32 Å². The standard InChI is InChI=1S/C27H20F3N3O/c1-17-13-20(18(2)33(17)25-12-5-8-19-7-3-4-11-24(19)25)14-21(16-31)26(34)32-23-10-6-9-22(15-23)27(28,29)30/h3-15H,1-2H3,(H,32,34)/b21-14-. The first-order chi connectivity index (χ1) is 16.2. The first kappa shape index (κ1) is 22.9. The third-order valence-corrected chi connectivity index (χ3v) is 5.59. The number of aryl methyl sites for hydroxylation is 1. The van der Waals surface area contributed by atoms with Crippen molar-refractivity contribution in [2.24, 2.45) is 0 Å². The average molecular weight is 459 g/mol. The third-order valence-electron chi connectivity index (χ3n) is 5.59. The van der Waals surface area contributed by atoms with Gasteiger partial charge in [-0.1, -0.05) is 42.5 Å². The normalized spacial score (nSPS) is 11.9. The summed E-state index contributed by atoms with van der Waals surface area (Å²) in [5, 5.41) is 14.1. The quantitative estimate of drug-likeness (QED) is 0.269. The van der Waals surface area contributed by atoms with Crippen molar-refractivity contribution in [3.8, 4) is 11.8 Å². The fourth-order valence-corrected chi connectivity index (χ4v) is 3.98. The van der Waals surface area contributed by atoms with E-state index in [1.807, 2.05) is 73.0 Å². The van der Waals surface area contributed by atoms with Gasteiger partial charge < -0.3 is 9.88 Å². The van der Waals surface area contributed by atoms with Crippen molar-refractivity contribution in [3.05, 3.63) is 101 Å². The van der Waals surface area contributed by atoms with E-state index in [1.54, 1.807) is 0 Å². The van der Waals surface area contributed by atoms with Crippen molar-refractivity contribution in [1.82, 2.24) is 4.57 Å². The smallest absolute Gasteiger partial charge is 0.321 e. The zero-order valence-corrected chi connectivity index (χ0v) is 18.4. The van der Waals surface area contributed by atoms with E-state index >= 15 is 0 Å². The maximum absolute atomic E-state index is 13.0. The van der Waals surface area contributed by atoms with Gasteiger partial charge in [0.2, 0.25) is 0 Å². The summed E-state index contributed by atoms with van der Waals surface area (Å²) in [7, 11) is 0. The maximum Gasteiger partial charge on any atom is 0.416 e. The first-order valence-corrected chi connectivity index (χ1v) is 10.5. The van der Waals surface area contributed by atoms with Crippen molar-refractivity contribution >= 4 is 28.4 Å². The molecule has 4 rings (SSSR count). The summed E-state index contributed by atoms with van der Waals surface area (Å²) in [5.74, 6) is -0.781. The second-order valence-corrected chi connectivity index (χ2v) is 7.86. The number of fused-ring (bicyclic) bond motifs is 1. The van der Waals surface area contributed by atoms with Gasteiger partial charge in [-0.25, -0.2) is 0 Å². The number of aromatic nitrogens is 1. The number of nitrogens with one attached hydrogen (secondary N) is 1. The third kappa shape index (κ3) is 4.44. The largest absolute Gasteiger partial charge is 0.416 e. The van der Waals surface area contributed by atoms with Gasteiger partial charge in [0, 0.05) is 22.5 Å². The van der Waals surface area contributed by atoms with Crippen LogP contribution in [-0.2, 0) is 11.0 Å². The molecule has 3 aromatic carbocycles. The van der Waals surface area contributed by atoms with Crippen molar-refractivity contribution in [3.63, 3.8) is 0 Å². The molecule has 1 aromatic heterocycles. The number of hydrogen-bond donors (Lipinski definition) is 1. The lowest BCUT2D eigenvalue weighted by molar-refractivity contribution is -0.137. The van der Waals surface area contributed by atoms with Gasteiger partial charge in [-0.05, 0) is 61.2 Å². The fraction of sp³-hybridized carbons (Fsp3) is 0.111. The number of halogens is 3. The van der Waals surface area contributed by atoms with Crippen LogP contribution >= 0.6 is 0 Å². The van der Waals surface area contributed by atoms with Crippen LogP contribution < -0.4 is 5.32 Å². The van der Waals surface area contributed by atoms with E-state index in [9.17, 15) is 23.2 Å². The van der Waals surface area contributed by atoms with Gasteiger partial charge in [-0.2, -0.15) is 18.4 Å². The van der Waals surface area contributed by atoms with Gasteiger partial charge in [0.25, 0.3) is 5.91 Å². The summed E-state index contributed by atoms with van der Waals surface area (Å²) in [5.41, 5.74) is 2.24. The van der Waals surface area contributed by atoms with Crippen LogP contribution in [0.1, 0.15) is 22.5 Å². The molecule has 0 saturated carbocycles. The molecule has 1 N–H and O–H groups in total. The second kappa shape index (κ2) is 8.91. The molecule has 4 nitrogen and oxygen atoms in total. The highest BCUT2D eigenvalue weighted by Gasteiger charge is 2.30. The van der Waals surface area contributed by atoms with E-state index < -0.39 is 17.6 Å². The molecular formula is C27H20F3N3O. The number of nitrogens with zero attached hydrogens (tertiary/aromatic N) is 2. The summed E-state index contributed by atoms with van der Waals surface area (Å²) in [6.07, 6.45) is -3.08. The molecule has 0 aliphatic heterocycles. The van der Waals surface area contributed by atoms with Gasteiger partial charge in [-0.3, -0.25) is 4.79 Å². The molecule has 4 aromatic rings. The average Bonchev–Trinajstić information content (AvgIpc) is 3.09. The number of amides is 1. The molecule has 7 heteroatoms. The van der Waals surface area contributed by atoms with Crippen LogP contribution in [-0.4, -0.2) is 10.5 Å². The summed E-state index contributed by atoms with van der Waals surface area (Å²) in [4.78, 5) is 12.7. The number of rotatable bonds is 4. The molecule has 0 radical (unpaired) electrons. The van der Waals surface area contributed by atoms with Gasteiger partial charge in [-0.15, -0.1) is 0 Å². The highest BCUT2D eigenvalue weighted by molar-refractivity contribution is 6.09. The molecule has 0 aliphatic carbocycles. The number of carbonyl (C=O) groups excluding carboxylic acids is 1. The van der Waals surface area contributed by atoms with Gasteiger partial charge in [0.05, 0.1) is 11.3 Å². The van der Waals surface area contributed by atoms with Crippen LogP contribution in [0.3, 0.4) is 0 Å². The van der Waals surface area contributed by atoms with Gasteiger partial charge in [0.15, 0.2) is 0 Å². The molecule has 170 valence electrons. The van der Waals surface area contributed by atoms with Gasteiger partial charge >= 0.3 is 6.18 Å². The topological polar surface area (TPSA) is 57.8 Å². The minimum Gasteiger partial charge on any atom is -0.321 e. The van der Waals surface area contributed by atoms with Crippen LogP contribution in [0.25, 0.3) is 22.5 Å². The molecule has 1 amide bonds. The minimum absolute atomic E-state index is 0.0396. The van der Waals surface area contributed by atoms with E-state index in [0.717, 1.165) is 40.0 Å². The molecule has 0 atom stereocenters. The number of alkyl halides is 3. The van der Waals surface area contributed by atoms with Crippen LogP contribution in [0.5, 0.6) is 0 Å². The monoisotopic (exact) mass is 459 g/mol. The Morgan fingerprint density at radius 1 is 1.00 bits per heavy atom. The number of carbonyl (C=O) groups is 1. The van der Waals surface area contributed by atoms with Crippen molar-refractivity contribution in [1.29, 1.82) is 5.26 Å². The molecule has 0 aliphatic rings. The zero-order valence-electron chi connectivity index (χ0n) is 18.4. The highest BCUT2D eigenvalue weighted by atomic mass is 19.4. The zero-order chi connectivity index (χ0) is 24.5. The highest BCUT2D eigenvalue weighted by Crippen LogP contribution is 2.31. The lowest BCUT2D eigenvalue weighted by atomic mass is 10.1. The van der Waals surface area contributed by atoms with Crippen LogP contribution in [0.15, 0.2) is 78.4 Å². The molecular weight excluding hydrogens is 439 g/mol. The van der Waals surface area contributed by atoms with Crippen LogP contribution in [0.2, 0.25) is 0 Å². The van der Waals surface area contributed by atoms with E-state index in [0.29, 0.717) is 5.56 Å². The summed E-state index contributed by atoms with van der Waals surface area (Å²) in [6.45, 7) is 3.82. The summed E-state index contributed by atoms with van der Waals surface area (Å²) in [6, 6.07) is 22.0. The maximum atomic E-state index is 13.0. The van der Waals surface area contributed by atoms with Crippen molar-refractivity contribution < 1.29 is 18.0 Å². The van der Waals surface area contributed by atoms with Gasteiger partial charge in [0.1, 0.15) is 11.6 Å². The Labute approximate surface area is 194 Å². The Kier molecular flexibility index (Phi) is 5.99. The predicted octanol–water partition coefficient (Wildman–Crippen LogP) is 6.81. The molecule has 0 unspecified atom stereocenters. The fourth-order valence-electron chi connectivity index (χ4n) is 3.98. The molecule has 34 heavy (non-hydrogen) atoms. The SMILES string of the molecule is Cc1cc(/C=C(/C#N)C(=O)Nc2cccc(C(F)(F)F)c2)c(C)n1-c1cccc2ccccc12. The Balaban J connectivity index is 1.69.